The quantitative estimate of drug-likeness (QED) is 0.785. The minimum atomic E-state index is -0.896. The maximum absolute atomic E-state index is 11.6. The molecule has 4 nitrogen and oxygen atoms in total. The van der Waals surface area contributed by atoms with Crippen LogP contribution in [0.4, 0.5) is 0 Å². The molecule has 0 radical (unpaired) electrons. The van der Waals surface area contributed by atoms with E-state index in [-0.39, 0.29) is 0 Å². The van der Waals surface area contributed by atoms with Crippen molar-refractivity contribution >= 4 is 16.9 Å². The van der Waals surface area contributed by atoms with Gasteiger partial charge in [-0.15, -0.1) is 0 Å². The van der Waals surface area contributed by atoms with Crippen molar-refractivity contribution in [1.82, 2.24) is 9.55 Å². The predicted molar refractivity (Wildman–Crippen MR) is 91.1 cm³/mol. The zero-order chi connectivity index (χ0) is 16.6. The number of aromatic carboxylic acids is 1. The zero-order valence-corrected chi connectivity index (χ0v) is 13.6. The van der Waals surface area contributed by atoms with Gasteiger partial charge in [-0.25, -0.2) is 4.79 Å². The second-order valence-electron chi connectivity index (χ2n) is 6.14. The highest BCUT2D eigenvalue weighted by molar-refractivity contribution is 6.04. The highest BCUT2D eigenvalue weighted by Gasteiger charge is 2.18. The summed E-state index contributed by atoms with van der Waals surface area (Å²) in [5.41, 5.74) is 4.37. The molecule has 2 heterocycles. The molecule has 0 saturated heterocycles. The Labute approximate surface area is 135 Å². The summed E-state index contributed by atoms with van der Waals surface area (Å²) >= 11 is 0. The van der Waals surface area contributed by atoms with Crippen LogP contribution in [0.1, 0.15) is 47.1 Å². The van der Waals surface area contributed by atoms with Gasteiger partial charge in [-0.2, -0.15) is 0 Å². The molecule has 0 saturated carbocycles. The van der Waals surface area contributed by atoms with Crippen LogP contribution in [-0.2, 0) is 6.54 Å². The topological polar surface area (TPSA) is 55.1 Å². The molecule has 0 unspecified atom stereocenters. The van der Waals surface area contributed by atoms with Crippen LogP contribution in [0.2, 0.25) is 0 Å². The van der Waals surface area contributed by atoms with Crippen molar-refractivity contribution in [3.63, 3.8) is 0 Å². The smallest absolute Gasteiger partial charge is 0.337 e. The third-order valence-corrected chi connectivity index (χ3v) is 4.06. The molecule has 0 spiro atoms. The Morgan fingerprint density at radius 3 is 2.61 bits per heavy atom. The molecule has 3 rings (SSSR count). The summed E-state index contributed by atoms with van der Waals surface area (Å²) in [5, 5.41) is 10.3. The number of hydrogen-bond acceptors (Lipinski definition) is 2. The molecular formula is C19H20N2O2. The van der Waals surface area contributed by atoms with Crippen molar-refractivity contribution in [2.75, 3.05) is 0 Å². The number of pyridine rings is 1. The Hall–Kier alpha value is -2.62. The Kier molecular flexibility index (Phi) is 3.90. The van der Waals surface area contributed by atoms with E-state index in [2.05, 4.69) is 24.9 Å². The second kappa shape index (κ2) is 5.88. The fourth-order valence-electron chi connectivity index (χ4n) is 3.01. The molecule has 2 aromatic heterocycles. The summed E-state index contributed by atoms with van der Waals surface area (Å²) in [4.78, 5) is 16.1. The molecule has 0 aliphatic rings. The number of benzene rings is 1. The number of fused-ring (bicyclic) bond motifs is 1. The molecule has 0 aliphatic heterocycles. The SMILES string of the molecule is Cc1cccc(Cn2cc(C(=O)O)c3cccc(C(C)C)c32)n1. The Balaban J connectivity index is 2.21. The number of aromatic nitrogens is 2. The fourth-order valence-corrected chi connectivity index (χ4v) is 3.01. The number of carboxylic acid groups (broad SMARTS) is 1. The maximum Gasteiger partial charge on any atom is 0.337 e. The summed E-state index contributed by atoms with van der Waals surface area (Å²) in [5.74, 6) is -0.577. The van der Waals surface area contributed by atoms with Crippen LogP contribution in [-0.4, -0.2) is 20.6 Å². The third-order valence-electron chi connectivity index (χ3n) is 4.06. The van der Waals surface area contributed by atoms with Gasteiger partial charge in [0.25, 0.3) is 0 Å². The van der Waals surface area contributed by atoms with E-state index in [1.807, 2.05) is 41.8 Å². The number of hydrogen-bond donors (Lipinski definition) is 1. The first-order valence-corrected chi connectivity index (χ1v) is 7.75. The summed E-state index contributed by atoms with van der Waals surface area (Å²) in [6.07, 6.45) is 1.73. The minimum absolute atomic E-state index is 0.319. The van der Waals surface area contributed by atoms with Crippen molar-refractivity contribution < 1.29 is 9.90 Å². The molecule has 0 bridgehead atoms. The van der Waals surface area contributed by atoms with E-state index in [1.165, 1.54) is 0 Å². The largest absolute Gasteiger partial charge is 0.478 e. The number of carboxylic acids is 1. The van der Waals surface area contributed by atoms with Gasteiger partial charge in [0.05, 0.1) is 23.3 Å². The molecule has 1 aromatic carbocycles. The fraction of sp³-hybridized carbons (Fsp3) is 0.263. The van der Waals surface area contributed by atoms with Crippen LogP contribution in [0.15, 0.2) is 42.6 Å². The van der Waals surface area contributed by atoms with Crippen molar-refractivity contribution in [2.45, 2.75) is 33.2 Å². The van der Waals surface area contributed by atoms with E-state index < -0.39 is 5.97 Å². The molecule has 4 heteroatoms. The van der Waals surface area contributed by atoms with E-state index in [1.54, 1.807) is 6.20 Å². The molecule has 0 atom stereocenters. The molecule has 0 fully saturated rings. The predicted octanol–water partition coefficient (Wildman–Crippen LogP) is 4.21. The lowest BCUT2D eigenvalue weighted by molar-refractivity contribution is 0.0699. The number of aryl methyl sites for hydroxylation is 1. The van der Waals surface area contributed by atoms with Crippen molar-refractivity contribution in [1.29, 1.82) is 0 Å². The molecule has 0 aliphatic carbocycles. The Bertz CT molecular complexity index is 878. The van der Waals surface area contributed by atoms with Gasteiger partial charge >= 0.3 is 5.97 Å². The van der Waals surface area contributed by atoms with Gasteiger partial charge in [-0.05, 0) is 30.5 Å². The van der Waals surface area contributed by atoms with Gasteiger partial charge in [-0.1, -0.05) is 38.1 Å². The normalized spacial score (nSPS) is 11.3. The Morgan fingerprint density at radius 1 is 1.22 bits per heavy atom. The zero-order valence-electron chi connectivity index (χ0n) is 13.6. The Morgan fingerprint density at radius 2 is 1.96 bits per heavy atom. The molecule has 23 heavy (non-hydrogen) atoms. The minimum Gasteiger partial charge on any atom is -0.478 e. The molecule has 1 N–H and O–H groups in total. The average molecular weight is 308 g/mol. The van der Waals surface area contributed by atoms with Gasteiger partial charge in [0.1, 0.15) is 0 Å². The number of carbonyl (C=O) groups is 1. The van der Waals surface area contributed by atoms with Crippen LogP contribution in [0, 0.1) is 6.92 Å². The van der Waals surface area contributed by atoms with E-state index in [0.29, 0.717) is 18.0 Å². The van der Waals surface area contributed by atoms with E-state index in [0.717, 1.165) is 27.9 Å². The molecule has 118 valence electrons. The molecular weight excluding hydrogens is 288 g/mol. The summed E-state index contributed by atoms with van der Waals surface area (Å²) in [6, 6.07) is 11.8. The van der Waals surface area contributed by atoms with Gasteiger partial charge in [-0.3, -0.25) is 4.98 Å². The monoisotopic (exact) mass is 308 g/mol. The summed E-state index contributed by atoms with van der Waals surface area (Å²) in [6.45, 7) is 6.77. The third kappa shape index (κ3) is 2.84. The van der Waals surface area contributed by atoms with Gasteiger partial charge in [0, 0.05) is 17.3 Å². The van der Waals surface area contributed by atoms with Crippen molar-refractivity contribution in [2.24, 2.45) is 0 Å². The first kappa shape index (κ1) is 15.3. The summed E-state index contributed by atoms with van der Waals surface area (Å²) in [7, 11) is 0. The highest BCUT2D eigenvalue weighted by atomic mass is 16.4. The number of para-hydroxylation sites is 1. The van der Waals surface area contributed by atoms with Crippen molar-refractivity contribution in [3.05, 3.63) is 65.1 Å². The lowest BCUT2D eigenvalue weighted by Crippen LogP contribution is -2.03. The van der Waals surface area contributed by atoms with Gasteiger partial charge < -0.3 is 9.67 Å². The molecule has 0 amide bonds. The second-order valence-corrected chi connectivity index (χ2v) is 6.14. The first-order valence-electron chi connectivity index (χ1n) is 7.75. The van der Waals surface area contributed by atoms with Crippen LogP contribution < -0.4 is 0 Å². The molecule has 3 aromatic rings. The first-order chi connectivity index (χ1) is 11.0. The van der Waals surface area contributed by atoms with E-state index >= 15 is 0 Å². The van der Waals surface area contributed by atoms with Crippen LogP contribution >= 0.6 is 0 Å². The van der Waals surface area contributed by atoms with Gasteiger partial charge in [0.15, 0.2) is 0 Å². The number of rotatable bonds is 4. The van der Waals surface area contributed by atoms with E-state index in [9.17, 15) is 9.90 Å². The maximum atomic E-state index is 11.6. The van der Waals surface area contributed by atoms with Crippen LogP contribution in [0.3, 0.4) is 0 Å². The summed E-state index contributed by atoms with van der Waals surface area (Å²) < 4.78 is 2.01. The van der Waals surface area contributed by atoms with Gasteiger partial charge in [0.2, 0.25) is 0 Å². The van der Waals surface area contributed by atoms with Crippen LogP contribution in [0.5, 0.6) is 0 Å². The van der Waals surface area contributed by atoms with E-state index in [4.69, 9.17) is 0 Å². The standard InChI is InChI=1S/C19H20N2O2/c1-12(2)15-8-5-9-16-17(19(22)23)11-21(18(15)16)10-14-7-4-6-13(3)20-14/h4-9,11-12H,10H2,1-3H3,(H,22,23). The van der Waals surface area contributed by atoms with Crippen molar-refractivity contribution in [3.8, 4) is 0 Å². The number of nitrogens with zero attached hydrogens (tertiary/aromatic N) is 2. The average Bonchev–Trinajstić information content (AvgIpc) is 2.86. The van der Waals surface area contributed by atoms with Crippen LogP contribution in [0.25, 0.3) is 10.9 Å². The highest BCUT2D eigenvalue weighted by Crippen LogP contribution is 2.30. The lowest BCUT2D eigenvalue weighted by Gasteiger charge is -2.12. The lowest BCUT2D eigenvalue weighted by atomic mass is 9.99.